The van der Waals surface area contributed by atoms with E-state index in [2.05, 4.69) is 32.1 Å². The highest BCUT2D eigenvalue weighted by molar-refractivity contribution is 6.20. The van der Waals surface area contributed by atoms with Crippen molar-refractivity contribution in [2.45, 2.75) is 45.5 Å². The topological polar surface area (TPSA) is 17.8 Å². The number of nitrogens with zero attached hydrogens (tertiary/aromatic N) is 2. The van der Waals surface area contributed by atoms with Crippen molar-refractivity contribution in [3.63, 3.8) is 0 Å². The second-order valence-corrected chi connectivity index (χ2v) is 4.44. The second-order valence-electron chi connectivity index (χ2n) is 3.75. The van der Waals surface area contributed by atoms with Gasteiger partial charge in [-0.25, -0.2) is 0 Å². The van der Waals surface area contributed by atoms with E-state index < -0.39 is 0 Å². The summed E-state index contributed by atoms with van der Waals surface area (Å²) < 4.78 is 1.96. The van der Waals surface area contributed by atoms with Crippen molar-refractivity contribution >= 4 is 11.6 Å². The van der Waals surface area contributed by atoms with E-state index in [0.29, 0.717) is 5.92 Å². The van der Waals surface area contributed by atoms with Crippen LogP contribution in [-0.2, 0) is 13.0 Å². The SMILES string of the molecule is CCC(Cc1cnn(CC)c1)C(C)Cl. The van der Waals surface area contributed by atoms with Gasteiger partial charge in [-0.2, -0.15) is 5.10 Å². The van der Waals surface area contributed by atoms with Gasteiger partial charge in [0.2, 0.25) is 0 Å². The molecule has 1 aromatic heterocycles. The van der Waals surface area contributed by atoms with Gasteiger partial charge in [-0.3, -0.25) is 4.68 Å². The summed E-state index contributed by atoms with van der Waals surface area (Å²) in [6, 6.07) is 0. The quantitative estimate of drug-likeness (QED) is 0.689. The highest BCUT2D eigenvalue weighted by Gasteiger charge is 2.14. The van der Waals surface area contributed by atoms with E-state index in [1.54, 1.807) is 0 Å². The Hall–Kier alpha value is -0.500. The minimum Gasteiger partial charge on any atom is -0.273 e. The molecule has 0 aliphatic heterocycles. The molecule has 0 radical (unpaired) electrons. The van der Waals surface area contributed by atoms with Crippen LogP contribution in [0.3, 0.4) is 0 Å². The van der Waals surface area contributed by atoms with Gasteiger partial charge >= 0.3 is 0 Å². The molecule has 3 heteroatoms. The second kappa shape index (κ2) is 5.40. The van der Waals surface area contributed by atoms with Crippen LogP contribution in [0.4, 0.5) is 0 Å². The first-order chi connectivity index (χ1) is 6.67. The first-order valence-corrected chi connectivity index (χ1v) is 5.76. The molecule has 0 saturated heterocycles. The molecular weight excluding hydrogens is 196 g/mol. The maximum Gasteiger partial charge on any atom is 0.0521 e. The van der Waals surface area contributed by atoms with Crippen LogP contribution in [0.25, 0.3) is 0 Å². The fraction of sp³-hybridized carbons (Fsp3) is 0.727. The summed E-state index contributed by atoms with van der Waals surface area (Å²) in [4.78, 5) is 0. The Morgan fingerprint density at radius 3 is 2.64 bits per heavy atom. The third-order valence-electron chi connectivity index (χ3n) is 2.68. The molecule has 2 unspecified atom stereocenters. The zero-order chi connectivity index (χ0) is 10.6. The Morgan fingerprint density at radius 2 is 2.21 bits per heavy atom. The van der Waals surface area contributed by atoms with Gasteiger partial charge in [0.1, 0.15) is 0 Å². The average molecular weight is 215 g/mol. The molecule has 0 N–H and O–H groups in total. The monoisotopic (exact) mass is 214 g/mol. The highest BCUT2D eigenvalue weighted by atomic mass is 35.5. The highest BCUT2D eigenvalue weighted by Crippen LogP contribution is 2.19. The van der Waals surface area contributed by atoms with Gasteiger partial charge in [-0.05, 0) is 31.7 Å². The van der Waals surface area contributed by atoms with Gasteiger partial charge in [0, 0.05) is 18.1 Å². The summed E-state index contributed by atoms with van der Waals surface area (Å²) in [6.45, 7) is 7.29. The molecule has 0 aliphatic carbocycles. The van der Waals surface area contributed by atoms with E-state index in [0.717, 1.165) is 19.4 Å². The Balaban J connectivity index is 2.57. The summed E-state index contributed by atoms with van der Waals surface area (Å²) in [5.41, 5.74) is 1.30. The Kier molecular flexibility index (Phi) is 4.46. The molecule has 0 aliphatic rings. The number of rotatable bonds is 5. The number of hydrogen-bond donors (Lipinski definition) is 0. The minimum absolute atomic E-state index is 0.241. The van der Waals surface area contributed by atoms with Gasteiger partial charge < -0.3 is 0 Å². The van der Waals surface area contributed by atoms with Gasteiger partial charge in [0.25, 0.3) is 0 Å². The molecule has 0 fully saturated rings. The number of aromatic nitrogens is 2. The van der Waals surface area contributed by atoms with Crippen LogP contribution in [0.1, 0.15) is 32.8 Å². The molecule has 14 heavy (non-hydrogen) atoms. The summed E-state index contributed by atoms with van der Waals surface area (Å²) in [7, 11) is 0. The zero-order valence-corrected chi connectivity index (χ0v) is 9.96. The lowest BCUT2D eigenvalue weighted by atomic mass is 9.96. The standard InChI is InChI=1S/C11H19ClN2/c1-4-11(9(3)12)6-10-7-13-14(5-2)8-10/h7-9,11H,4-6H2,1-3H3. The summed E-state index contributed by atoms with van der Waals surface area (Å²) in [5, 5.41) is 4.50. The van der Waals surface area contributed by atoms with Crippen molar-refractivity contribution in [1.82, 2.24) is 9.78 Å². The third kappa shape index (κ3) is 3.02. The smallest absolute Gasteiger partial charge is 0.0521 e. The van der Waals surface area contributed by atoms with Gasteiger partial charge in [-0.1, -0.05) is 13.3 Å². The van der Waals surface area contributed by atoms with Crippen molar-refractivity contribution in [3.05, 3.63) is 18.0 Å². The fourth-order valence-corrected chi connectivity index (χ4v) is 1.89. The van der Waals surface area contributed by atoms with E-state index in [-0.39, 0.29) is 5.38 Å². The van der Waals surface area contributed by atoms with E-state index >= 15 is 0 Å². The van der Waals surface area contributed by atoms with Gasteiger partial charge in [0.15, 0.2) is 0 Å². The lowest BCUT2D eigenvalue weighted by Gasteiger charge is -2.15. The molecule has 1 rings (SSSR count). The van der Waals surface area contributed by atoms with Crippen molar-refractivity contribution in [3.8, 4) is 0 Å². The van der Waals surface area contributed by atoms with E-state index in [1.807, 2.05) is 10.9 Å². The number of aryl methyl sites for hydroxylation is 1. The van der Waals surface area contributed by atoms with Crippen LogP contribution in [0.5, 0.6) is 0 Å². The fourth-order valence-electron chi connectivity index (χ4n) is 1.62. The minimum atomic E-state index is 0.241. The maximum absolute atomic E-state index is 6.11. The maximum atomic E-state index is 6.11. The van der Waals surface area contributed by atoms with E-state index in [4.69, 9.17) is 11.6 Å². The Bertz CT molecular complexity index is 268. The van der Waals surface area contributed by atoms with Crippen molar-refractivity contribution in [2.75, 3.05) is 0 Å². The predicted molar refractivity (Wildman–Crippen MR) is 60.7 cm³/mol. The number of alkyl halides is 1. The van der Waals surface area contributed by atoms with Crippen molar-refractivity contribution in [2.24, 2.45) is 5.92 Å². The first-order valence-electron chi connectivity index (χ1n) is 5.32. The Morgan fingerprint density at radius 1 is 1.50 bits per heavy atom. The molecule has 0 spiro atoms. The average Bonchev–Trinajstić information content (AvgIpc) is 2.61. The number of halogens is 1. The first kappa shape index (κ1) is 11.6. The third-order valence-corrected chi connectivity index (χ3v) is 3.04. The van der Waals surface area contributed by atoms with Crippen LogP contribution in [0.15, 0.2) is 12.4 Å². The summed E-state index contributed by atoms with van der Waals surface area (Å²) in [6.07, 6.45) is 6.23. The lowest BCUT2D eigenvalue weighted by molar-refractivity contribution is 0.497. The van der Waals surface area contributed by atoms with Gasteiger partial charge in [0.05, 0.1) is 6.20 Å². The largest absolute Gasteiger partial charge is 0.273 e. The predicted octanol–water partition coefficient (Wildman–Crippen LogP) is 3.10. The molecule has 1 aromatic rings. The normalized spacial score (nSPS) is 15.4. The molecule has 80 valence electrons. The van der Waals surface area contributed by atoms with Gasteiger partial charge in [-0.15, -0.1) is 11.6 Å². The molecular formula is C11H19ClN2. The molecule has 0 aromatic carbocycles. The zero-order valence-electron chi connectivity index (χ0n) is 9.20. The van der Waals surface area contributed by atoms with Crippen LogP contribution in [-0.4, -0.2) is 15.2 Å². The van der Waals surface area contributed by atoms with Crippen molar-refractivity contribution < 1.29 is 0 Å². The van der Waals surface area contributed by atoms with Crippen LogP contribution >= 0.6 is 11.6 Å². The van der Waals surface area contributed by atoms with Crippen LogP contribution in [0, 0.1) is 5.92 Å². The molecule has 2 atom stereocenters. The van der Waals surface area contributed by atoms with E-state index in [1.165, 1.54) is 5.56 Å². The summed E-state index contributed by atoms with van der Waals surface area (Å²) >= 11 is 6.11. The number of hydrogen-bond acceptors (Lipinski definition) is 1. The molecule has 0 amide bonds. The molecule has 2 nitrogen and oxygen atoms in total. The molecule has 0 saturated carbocycles. The van der Waals surface area contributed by atoms with Crippen LogP contribution in [0.2, 0.25) is 0 Å². The van der Waals surface area contributed by atoms with Crippen LogP contribution < -0.4 is 0 Å². The summed E-state index contributed by atoms with van der Waals surface area (Å²) in [5.74, 6) is 0.561. The Labute approximate surface area is 91.3 Å². The molecule has 0 bridgehead atoms. The van der Waals surface area contributed by atoms with Crippen molar-refractivity contribution in [1.29, 1.82) is 0 Å². The van der Waals surface area contributed by atoms with E-state index in [9.17, 15) is 0 Å². The molecule has 1 heterocycles. The lowest BCUT2D eigenvalue weighted by Crippen LogP contribution is -2.13.